The first kappa shape index (κ1) is 16.5. The summed E-state index contributed by atoms with van der Waals surface area (Å²) in [6.07, 6.45) is 3.82. The standard InChI is InChI=1S/C13H15ClO5S/c1-20(17,18)9-3-8-19-12-5-2-4-11(14)10(12)6-7-13(15)16/h2,4-7H,3,8-9H2,1H3,(H,15,16)/b7-6+. The first-order valence-electron chi connectivity index (χ1n) is 5.79. The van der Waals surface area contributed by atoms with Crippen LogP contribution >= 0.6 is 11.6 Å². The number of ether oxygens (including phenoxy) is 1. The summed E-state index contributed by atoms with van der Waals surface area (Å²) in [6, 6.07) is 4.94. The molecule has 20 heavy (non-hydrogen) atoms. The second-order valence-corrected chi connectivity index (χ2v) is 6.82. The number of carbonyl (C=O) groups is 1. The van der Waals surface area contributed by atoms with Crippen molar-refractivity contribution in [1.82, 2.24) is 0 Å². The molecule has 0 bridgehead atoms. The van der Waals surface area contributed by atoms with Gasteiger partial charge in [-0.1, -0.05) is 17.7 Å². The summed E-state index contributed by atoms with van der Waals surface area (Å²) in [5.41, 5.74) is 0.455. The Labute approximate surface area is 122 Å². The first-order valence-corrected chi connectivity index (χ1v) is 8.23. The number of rotatable bonds is 7. The van der Waals surface area contributed by atoms with Crippen LogP contribution in [0.3, 0.4) is 0 Å². The summed E-state index contributed by atoms with van der Waals surface area (Å²) >= 11 is 5.98. The molecule has 0 heterocycles. The van der Waals surface area contributed by atoms with Gasteiger partial charge in [-0.05, 0) is 24.6 Å². The Morgan fingerprint density at radius 1 is 1.45 bits per heavy atom. The third kappa shape index (κ3) is 6.08. The van der Waals surface area contributed by atoms with Crippen LogP contribution < -0.4 is 4.74 Å². The number of hydrogen-bond acceptors (Lipinski definition) is 4. The molecule has 0 aliphatic rings. The minimum Gasteiger partial charge on any atom is -0.493 e. The van der Waals surface area contributed by atoms with Crippen LogP contribution in [0, 0.1) is 0 Å². The average Bonchev–Trinajstić information content (AvgIpc) is 2.32. The van der Waals surface area contributed by atoms with Gasteiger partial charge in [0.05, 0.1) is 17.4 Å². The van der Waals surface area contributed by atoms with Crippen LogP contribution in [0.25, 0.3) is 6.08 Å². The van der Waals surface area contributed by atoms with Gasteiger partial charge in [0.15, 0.2) is 0 Å². The second kappa shape index (κ2) is 7.31. The Bertz CT molecular complexity index is 607. The van der Waals surface area contributed by atoms with Crippen molar-refractivity contribution in [3.8, 4) is 5.75 Å². The lowest BCUT2D eigenvalue weighted by atomic mass is 10.2. The van der Waals surface area contributed by atoms with Gasteiger partial charge < -0.3 is 9.84 Å². The molecule has 0 unspecified atom stereocenters. The predicted octanol–water partition coefficient (Wildman–Crippen LogP) is 2.25. The van der Waals surface area contributed by atoms with Gasteiger partial charge >= 0.3 is 5.97 Å². The molecule has 0 aromatic heterocycles. The van der Waals surface area contributed by atoms with Gasteiger partial charge in [0.2, 0.25) is 0 Å². The highest BCUT2D eigenvalue weighted by Gasteiger charge is 2.07. The number of hydrogen-bond donors (Lipinski definition) is 1. The van der Waals surface area contributed by atoms with E-state index in [-0.39, 0.29) is 12.4 Å². The molecule has 110 valence electrons. The van der Waals surface area contributed by atoms with Gasteiger partial charge in [0.25, 0.3) is 0 Å². The van der Waals surface area contributed by atoms with E-state index < -0.39 is 15.8 Å². The molecule has 7 heteroatoms. The highest BCUT2D eigenvalue weighted by Crippen LogP contribution is 2.27. The van der Waals surface area contributed by atoms with Gasteiger partial charge in [-0.3, -0.25) is 0 Å². The first-order chi connectivity index (χ1) is 9.29. The largest absolute Gasteiger partial charge is 0.493 e. The van der Waals surface area contributed by atoms with Crippen molar-refractivity contribution in [2.24, 2.45) is 0 Å². The zero-order valence-corrected chi connectivity index (χ0v) is 12.4. The number of halogens is 1. The van der Waals surface area contributed by atoms with Crippen LogP contribution in [-0.4, -0.2) is 38.1 Å². The number of aliphatic carboxylic acids is 1. The van der Waals surface area contributed by atoms with Crippen LogP contribution in [-0.2, 0) is 14.6 Å². The number of benzene rings is 1. The van der Waals surface area contributed by atoms with Crippen molar-refractivity contribution in [3.05, 3.63) is 34.9 Å². The fourth-order valence-corrected chi connectivity index (χ4v) is 2.33. The van der Waals surface area contributed by atoms with Crippen molar-refractivity contribution in [2.75, 3.05) is 18.6 Å². The molecule has 0 atom stereocenters. The zero-order chi connectivity index (χ0) is 15.2. The Morgan fingerprint density at radius 2 is 2.15 bits per heavy atom. The third-order valence-electron chi connectivity index (χ3n) is 2.32. The summed E-state index contributed by atoms with van der Waals surface area (Å²) < 4.78 is 27.4. The van der Waals surface area contributed by atoms with Crippen LogP contribution in [0.15, 0.2) is 24.3 Å². The summed E-state index contributed by atoms with van der Waals surface area (Å²) in [5.74, 6) is -0.634. The molecular weight excluding hydrogens is 304 g/mol. The molecule has 0 fully saturated rings. The van der Waals surface area contributed by atoms with E-state index in [0.29, 0.717) is 22.8 Å². The maximum atomic E-state index is 11.0. The average molecular weight is 319 g/mol. The van der Waals surface area contributed by atoms with E-state index in [1.165, 1.54) is 6.08 Å². The molecule has 1 rings (SSSR count). The Balaban J connectivity index is 2.74. The molecule has 0 spiro atoms. The number of carboxylic acids is 1. The smallest absolute Gasteiger partial charge is 0.328 e. The monoisotopic (exact) mass is 318 g/mol. The summed E-state index contributed by atoms with van der Waals surface area (Å²) in [6.45, 7) is 0.210. The lowest BCUT2D eigenvalue weighted by molar-refractivity contribution is -0.131. The maximum absolute atomic E-state index is 11.0. The predicted molar refractivity (Wildman–Crippen MR) is 77.9 cm³/mol. The van der Waals surface area contributed by atoms with Crippen LogP contribution in [0.5, 0.6) is 5.75 Å². The molecule has 5 nitrogen and oxygen atoms in total. The van der Waals surface area contributed by atoms with E-state index in [1.54, 1.807) is 18.2 Å². The van der Waals surface area contributed by atoms with Crippen LogP contribution in [0.1, 0.15) is 12.0 Å². The Hall–Kier alpha value is -1.53. The molecular formula is C13H15ClO5S. The minimum absolute atomic E-state index is 0.0356. The van der Waals surface area contributed by atoms with E-state index in [2.05, 4.69) is 0 Å². The number of sulfone groups is 1. The molecule has 0 aliphatic heterocycles. The quantitative estimate of drug-likeness (QED) is 0.616. The maximum Gasteiger partial charge on any atom is 0.328 e. The van der Waals surface area contributed by atoms with E-state index in [4.69, 9.17) is 21.4 Å². The van der Waals surface area contributed by atoms with Gasteiger partial charge in [0, 0.05) is 17.9 Å². The van der Waals surface area contributed by atoms with Crippen molar-refractivity contribution in [2.45, 2.75) is 6.42 Å². The lowest BCUT2D eigenvalue weighted by Gasteiger charge is -2.10. The fourth-order valence-electron chi connectivity index (χ4n) is 1.46. The summed E-state index contributed by atoms with van der Waals surface area (Å²) in [7, 11) is -3.02. The van der Waals surface area contributed by atoms with Gasteiger partial charge in [0.1, 0.15) is 15.6 Å². The highest BCUT2D eigenvalue weighted by molar-refractivity contribution is 7.90. The molecule has 0 aliphatic carbocycles. The van der Waals surface area contributed by atoms with Gasteiger partial charge in [-0.2, -0.15) is 0 Å². The van der Waals surface area contributed by atoms with Crippen molar-refractivity contribution < 1.29 is 23.1 Å². The van der Waals surface area contributed by atoms with Crippen molar-refractivity contribution >= 4 is 33.5 Å². The molecule has 0 amide bonds. The van der Waals surface area contributed by atoms with Crippen LogP contribution in [0.2, 0.25) is 5.02 Å². The topological polar surface area (TPSA) is 80.7 Å². The fraction of sp³-hybridized carbons (Fsp3) is 0.308. The zero-order valence-electron chi connectivity index (χ0n) is 10.9. The summed E-state index contributed by atoms with van der Waals surface area (Å²) in [4.78, 5) is 10.5. The normalized spacial score (nSPS) is 11.7. The molecule has 1 aromatic rings. The van der Waals surface area contributed by atoms with E-state index in [1.807, 2.05) is 0 Å². The molecule has 1 aromatic carbocycles. The van der Waals surface area contributed by atoms with Gasteiger partial charge in [-0.15, -0.1) is 0 Å². The van der Waals surface area contributed by atoms with E-state index in [9.17, 15) is 13.2 Å². The Kier molecular flexibility index (Phi) is 6.04. The molecule has 1 N–H and O–H groups in total. The third-order valence-corrected chi connectivity index (χ3v) is 3.68. The molecule has 0 radical (unpaired) electrons. The minimum atomic E-state index is -3.02. The van der Waals surface area contributed by atoms with Crippen molar-refractivity contribution in [3.63, 3.8) is 0 Å². The van der Waals surface area contributed by atoms with E-state index in [0.717, 1.165) is 12.3 Å². The molecule has 0 saturated heterocycles. The highest BCUT2D eigenvalue weighted by atomic mass is 35.5. The number of carboxylic acid groups (broad SMARTS) is 1. The van der Waals surface area contributed by atoms with Crippen LogP contribution in [0.4, 0.5) is 0 Å². The second-order valence-electron chi connectivity index (χ2n) is 4.16. The van der Waals surface area contributed by atoms with Gasteiger partial charge in [-0.25, -0.2) is 13.2 Å². The molecule has 0 saturated carbocycles. The van der Waals surface area contributed by atoms with Crippen molar-refractivity contribution in [1.29, 1.82) is 0 Å². The van der Waals surface area contributed by atoms with E-state index >= 15 is 0 Å². The lowest BCUT2D eigenvalue weighted by Crippen LogP contribution is -2.08. The SMILES string of the molecule is CS(=O)(=O)CCCOc1cccc(Cl)c1/C=C/C(=O)O. The summed E-state index contributed by atoms with van der Waals surface area (Å²) in [5, 5.41) is 8.99. The Morgan fingerprint density at radius 3 is 2.75 bits per heavy atom.